The van der Waals surface area contributed by atoms with Crippen molar-refractivity contribution in [2.24, 2.45) is 10.9 Å². The lowest BCUT2D eigenvalue weighted by Gasteiger charge is -2.08. The minimum absolute atomic E-state index is 0.309. The molecule has 0 spiro atoms. The third kappa shape index (κ3) is 3.38. The van der Waals surface area contributed by atoms with Gasteiger partial charge in [0.05, 0.1) is 19.8 Å². The maximum absolute atomic E-state index is 12.7. The van der Waals surface area contributed by atoms with Crippen LogP contribution in [-0.2, 0) is 6.54 Å². The van der Waals surface area contributed by atoms with Crippen LogP contribution in [0, 0.1) is 19.8 Å². The van der Waals surface area contributed by atoms with Crippen LogP contribution in [0.5, 0.6) is 11.5 Å². The first kappa shape index (κ1) is 16.8. The van der Waals surface area contributed by atoms with Gasteiger partial charge in [0.25, 0.3) is 5.91 Å². The summed E-state index contributed by atoms with van der Waals surface area (Å²) in [7, 11) is 3.12. The molecule has 128 valence electrons. The van der Waals surface area contributed by atoms with Gasteiger partial charge >= 0.3 is 0 Å². The Balaban J connectivity index is 2.02. The van der Waals surface area contributed by atoms with Crippen molar-refractivity contribution in [2.45, 2.75) is 33.2 Å². The molecule has 0 atom stereocenters. The van der Waals surface area contributed by atoms with Gasteiger partial charge in [-0.1, -0.05) is 0 Å². The molecule has 1 heterocycles. The number of hydrogen-bond acceptors (Lipinski definition) is 4. The minimum atomic E-state index is -0.309. The highest BCUT2D eigenvalue weighted by molar-refractivity contribution is 7.09. The Morgan fingerprint density at radius 1 is 1.29 bits per heavy atom. The number of methoxy groups -OCH3 is 2. The van der Waals surface area contributed by atoms with Crippen molar-refractivity contribution in [1.29, 1.82) is 0 Å². The first-order valence-corrected chi connectivity index (χ1v) is 8.83. The Kier molecular flexibility index (Phi) is 4.76. The summed E-state index contributed by atoms with van der Waals surface area (Å²) in [6.07, 6.45) is 2.52. The first-order valence-electron chi connectivity index (χ1n) is 8.01. The number of ether oxygens (including phenoxy) is 2. The topological polar surface area (TPSA) is 52.8 Å². The van der Waals surface area contributed by atoms with Gasteiger partial charge in [0, 0.05) is 17.1 Å². The van der Waals surface area contributed by atoms with E-state index in [1.807, 2.05) is 0 Å². The smallest absolute Gasteiger partial charge is 0.283 e. The third-order valence-corrected chi connectivity index (χ3v) is 5.46. The van der Waals surface area contributed by atoms with Gasteiger partial charge in [0.1, 0.15) is 11.5 Å². The zero-order valence-corrected chi connectivity index (χ0v) is 15.3. The van der Waals surface area contributed by atoms with E-state index in [9.17, 15) is 4.79 Å². The molecule has 0 saturated heterocycles. The van der Waals surface area contributed by atoms with Gasteiger partial charge in [0.2, 0.25) is 0 Å². The highest BCUT2D eigenvalue weighted by atomic mass is 32.1. The highest BCUT2D eigenvalue weighted by Gasteiger charge is 2.23. The lowest BCUT2D eigenvalue weighted by molar-refractivity contribution is 0.0994. The Labute approximate surface area is 145 Å². The molecule has 0 unspecified atom stereocenters. The van der Waals surface area contributed by atoms with Crippen molar-refractivity contribution in [3.05, 3.63) is 39.1 Å². The van der Waals surface area contributed by atoms with Crippen molar-refractivity contribution < 1.29 is 14.3 Å². The van der Waals surface area contributed by atoms with Crippen LogP contribution in [0.1, 0.15) is 33.8 Å². The maximum Gasteiger partial charge on any atom is 0.283 e. The van der Waals surface area contributed by atoms with Crippen molar-refractivity contribution in [2.75, 3.05) is 14.2 Å². The van der Waals surface area contributed by atoms with E-state index in [2.05, 4.69) is 23.4 Å². The average molecular weight is 346 g/mol. The fourth-order valence-corrected chi connectivity index (χ4v) is 3.57. The fourth-order valence-electron chi connectivity index (χ4n) is 2.58. The molecule has 1 fully saturated rings. The molecule has 1 aliphatic carbocycles. The Bertz CT molecular complexity index is 831. The summed E-state index contributed by atoms with van der Waals surface area (Å²) >= 11 is 1.56. The Morgan fingerprint density at radius 2 is 2.04 bits per heavy atom. The lowest BCUT2D eigenvalue weighted by atomic mass is 10.2. The molecular formula is C18H22N2O3S. The van der Waals surface area contributed by atoms with Crippen molar-refractivity contribution in [1.82, 2.24) is 4.57 Å². The van der Waals surface area contributed by atoms with Gasteiger partial charge in [-0.2, -0.15) is 4.99 Å². The van der Waals surface area contributed by atoms with Gasteiger partial charge < -0.3 is 14.0 Å². The number of aromatic nitrogens is 1. The summed E-state index contributed by atoms with van der Waals surface area (Å²) in [6.45, 7) is 5.10. The summed E-state index contributed by atoms with van der Waals surface area (Å²) in [4.78, 5) is 19.1. The SMILES string of the molecule is COc1ccc(OC)c(C(=O)N=c2sc(C)c(C)n2CC2CC2)c1. The molecule has 1 aromatic heterocycles. The van der Waals surface area contributed by atoms with Gasteiger partial charge in [0.15, 0.2) is 4.80 Å². The Morgan fingerprint density at radius 3 is 2.67 bits per heavy atom. The largest absolute Gasteiger partial charge is 0.497 e. The van der Waals surface area contributed by atoms with E-state index in [0.717, 1.165) is 17.3 Å². The molecule has 0 radical (unpaired) electrons. The molecule has 1 aliphatic rings. The van der Waals surface area contributed by atoms with E-state index < -0.39 is 0 Å². The van der Waals surface area contributed by atoms with E-state index in [0.29, 0.717) is 17.1 Å². The van der Waals surface area contributed by atoms with Gasteiger partial charge in [-0.05, 0) is 50.8 Å². The van der Waals surface area contributed by atoms with Crippen LogP contribution >= 0.6 is 11.3 Å². The van der Waals surface area contributed by atoms with Gasteiger partial charge in [-0.3, -0.25) is 4.79 Å². The maximum atomic E-state index is 12.7. The second kappa shape index (κ2) is 6.81. The van der Waals surface area contributed by atoms with Crippen LogP contribution < -0.4 is 14.3 Å². The zero-order chi connectivity index (χ0) is 17.3. The van der Waals surface area contributed by atoms with E-state index in [4.69, 9.17) is 9.47 Å². The lowest BCUT2D eigenvalue weighted by Crippen LogP contribution is -2.19. The minimum Gasteiger partial charge on any atom is -0.497 e. The number of aryl methyl sites for hydroxylation is 1. The standard InChI is InChI=1S/C18H22N2O3S/c1-11-12(2)24-18(20(11)10-13-5-6-13)19-17(21)15-9-14(22-3)7-8-16(15)23-4/h7-9,13H,5-6,10H2,1-4H3. The zero-order valence-electron chi connectivity index (χ0n) is 14.5. The number of carbonyl (C=O) groups is 1. The summed E-state index contributed by atoms with van der Waals surface area (Å²) in [5.74, 6) is 1.52. The number of carbonyl (C=O) groups excluding carboxylic acids is 1. The van der Waals surface area contributed by atoms with E-state index in [1.165, 1.54) is 23.4 Å². The van der Waals surface area contributed by atoms with E-state index in [1.54, 1.807) is 43.8 Å². The molecule has 6 heteroatoms. The summed E-state index contributed by atoms with van der Waals surface area (Å²) in [5, 5.41) is 0. The van der Waals surface area contributed by atoms with Crippen molar-refractivity contribution >= 4 is 17.2 Å². The number of benzene rings is 1. The Hall–Kier alpha value is -2.08. The van der Waals surface area contributed by atoms with Crippen LogP contribution in [0.3, 0.4) is 0 Å². The quantitative estimate of drug-likeness (QED) is 0.834. The fraction of sp³-hybridized carbons (Fsp3) is 0.444. The molecule has 24 heavy (non-hydrogen) atoms. The third-order valence-electron chi connectivity index (χ3n) is 4.36. The van der Waals surface area contributed by atoms with Crippen molar-refractivity contribution in [3.8, 4) is 11.5 Å². The number of rotatable bonds is 5. The first-order chi connectivity index (χ1) is 11.5. The summed E-state index contributed by atoms with van der Waals surface area (Å²) in [6, 6.07) is 5.16. The van der Waals surface area contributed by atoms with E-state index in [-0.39, 0.29) is 5.91 Å². The van der Waals surface area contributed by atoms with Crippen LogP contribution in [0.25, 0.3) is 0 Å². The van der Waals surface area contributed by atoms with Gasteiger partial charge in [-0.15, -0.1) is 11.3 Å². The molecular weight excluding hydrogens is 324 g/mol. The van der Waals surface area contributed by atoms with Crippen molar-refractivity contribution in [3.63, 3.8) is 0 Å². The predicted octanol–water partition coefficient (Wildman–Crippen LogP) is 3.33. The van der Waals surface area contributed by atoms with Crippen LogP contribution in [0.2, 0.25) is 0 Å². The number of amides is 1. The summed E-state index contributed by atoms with van der Waals surface area (Å²) in [5.41, 5.74) is 1.61. The van der Waals surface area contributed by atoms with Gasteiger partial charge in [-0.25, -0.2) is 0 Å². The molecule has 3 rings (SSSR count). The molecule has 2 aromatic rings. The van der Waals surface area contributed by atoms with Crippen LogP contribution in [0.4, 0.5) is 0 Å². The predicted molar refractivity (Wildman–Crippen MR) is 93.9 cm³/mol. The average Bonchev–Trinajstić information content (AvgIpc) is 3.37. The normalized spacial score (nSPS) is 14.8. The van der Waals surface area contributed by atoms with Crippen LogP contribution in [-0.4, -0.2) is 24.7 Å². The molecule has 5 nitrogen and oxygen atoms in total. The molecule has 1 aromatic carbocycles. The number of thiazole rings is 1. The highest BCUT2D eigenvalue weighted by Crippen LogP contribution is 2.31. The molecule has 0 aliphatic heterocycles. The molecule has 0 N–H and O–H groups in total. The second-order valence-electron chi connectivity index (χ2n) is 6.06. The van der Waals surface area contributed by atoms with Crippen LogP contribution in [0.15, 0.2) is 23.2 Å². The number of hydrogen-bond donors (Lipinski definition) is 0. The van der Waals surface area contributed by atoms with E-state index >= 15 is 0 Å². The monoisotopic (exact) mass is 346 g/mol. The molecule has 1 amide bonds. The molecule has 0 bridgehead atoms. The molecule has 1 saturated carbocycles. The second-order valence-corrected chi connectivity index (χ2v) is 7.25. The number of nitrogens with zero attached hydrogens (tertiary/aromatic N) is 2. The summed E-state index contributed by atoms with van der Waals surface area (Å²) < 4.78 is 12.7.